The number of hydrogen-bond donors (Lipinski definition) is 1. The fourth-order valence-electron chi connectivity index (χ4n) is 0.363. The molecule has 5 heteroatoms. The molecule has 0 heterocycles. The lowest BCUT2D eigenvalue weighted by molar-refractivity contribution is -0.307. The van der Waals surface area contributed by atoms with Gasteiger partial charge in [-0.3, -0.25) is 0 Å². The third-order valence-electron chi connectivity index (χ3n) is 0.936. The number of carbonyl (C=O) groups is 1. The first-order valence-electron chi connectivity index (χ1n) is 2.64. The van der Waals surface area contributed by atoms with Crippen molar-refractivity contribution in [1.82, 2.24) is 0 Å². The van der Waals surface area contributed by atoms with Crippen LogP contribution in [0, 0.1) is 0 Å². The molecular formula is C5H11ClNO3-. The molecule has 0 amide bonds. The smallest absolute Gasteiger partial charge is 0.0583 e. The Morgan fingerprint density at radius 3 is 2.60 bits per heavy atom. The Morgan fingerprint density at radius 2 is 2.30 bits per heavy atom. The zero-order chi connectivity index (χ0) is 7.28. The number of nitrogens with two attached hydrogens (primary N) is 1. The highest BCUT2D eigenvalue weighted by atomic mass is 35.5. The first-order valence-corrected chi connectivity index (χ1v) is 2.64. The molecule has 10 heavy (non-hydrogen) atoms. The third kappa shape index (κ3) is 5.81. The zero-order valence-electron chi connectivity index (χ0n) is 5.70. The molecule has 0 saturated carbocycles. The molecule has 0 saturated heterocycles. The molecule has 2 N–H and O–H groups in total. The lowest BCUT2D eigenvalue weighted by atomic mass is 10.2. The van der Waals surface area contributed by atoms with Crippen molar-refractivity contribution in [1.29, 1.82) is 0 Å². The van der Waals surface area contributed by atoms with Crippen molar-refractivity contribution in [2.75, 3.05) is 13.7 Å². The van der Waals surface area contributed by atoms with E-state index in [0.29, 0.717) is 13.0 Å². The van der Waals surface area contributed by atoms with Crippen LogP contribution in [0.4, 0.5) is 0 Å². The molecule has 1 unspecified atom stereocenters. The predicted molar refractivity (Wildman–Crippen MR) is 36.7 cm³/mol. The van der Waals surface area contributed by atoms with Gasteiger partial charge < -0.3 is 20.4 Å². The summed E-state index contributed by atoms with van der Waals surface area (Å²) in [5.41, 5.74) is 5.06. The van der Waals surface area contributed by atoms with Gasteiger partial charge in [0.25, 0.3) is 0 Å². The molecule has 0 radical (unpaired) electrons. The van der Waals surface area contributed by atoms with Crippen LogP contribution in [0.2, 0.25) is 0 Å². The molecule has 0 bridgehead atoms. The van der Waals surface area contributed by atoms with Crippen LogP contribution in [0.25, 0.3) is 0 Å². The van der Waals surface area contributed by atoms with Gasteiger partial charge in [-0.05, 0) is 6.42 Å². The van der Waals surface area contributed by atoms with Crippen LogP contribution >= 0.6 is 12.4 Å². The number of carboxylic acid groups (broad SMARTS) is 1. The molecule has 0 aromatic heterocycles. The number of carboxylic acids is 1. The molecule has 0 aromatic rings. The van der Waals surface area contributed by atoms with Gasteiger partial charge in [0, 0.05) is 19.8 Å². The summed E-state index contributed by atoms with van der Waals surface area (Å²) in [5.74, 6) is -1.23. The largest absolute Gasteiger partial charge is 0.548 e. The van der Waals surface area contributed by atoms with Gasteiger partial charge in [0.1, 0.15) is 0 Å². The van der Waals surface area contributed by atoms with Crippen LogP contribution in [0.5, 0.6) is 0 Å². The minimum Gasteiger partial charge on any atom is -0.548 e. The van der Waals surface area contributed by atoms with E-state index in [0.717, 1.165) is 0 Å². The maximum Gasteiger partial charge on any atom is 0.0583 e. The summed E-state index contributed by atoms with van der Waals surface area (Å²) in [6.45, 7) is 0.356. The maximum absolute atomic E-state index is 9.91. The first-order chi connectivity index (χ1) is 4.18. The van der Waals surface area contributed by atoms with Gasteiger partial charge in [0.15, 0.2) is 0 Å². The molecule has 0 spiro atoms. The molecule has 62 valence electrons. The van der Waals surface area contributed by atoms with E-state index < -0.39 is 12.0 Å². The van der Waals surface area contributed by atoms with Crippen LogP contribution in [-0.2, 0) is 9.53 Å². The Balaban J connectivity index is 0. The predicted octanol–water partition coefficient (Wildman–Crippen LogP) is -1.48. The Bertz CT molecular complexity index is 98.9. The first kappa shape index (κ1) is 12.4. The number of aliphatic carboxylic acids is 1. The van der Waals surface area contributed by atoms with Gasteiger partial charge in [0.2, 0.25) is 0 Å². The summed E-state index contributed by atoms with van der Waals surface area (Å²) >= 11 is 0. The summed E-state index contributed by atoms with van der Waals surface area (Å²) in [4.78, 5) is 9.91. The molecule has 4 nitrogen and oxygen atoms in total. The highest BCUT2D eigenvalue weighted by Gasteiger charge is 2.00. The molecule has 0 aliphatic carbocycles. The number of ether oxygens (including phenoxy) is 1. The van der Waals surface area contributed by atoms with Crippen LogP contribution in [-0.4, -0.2) is 25.7 Å². The van der Waals surface area contributed by atoms with Gasteiger partial charge in [0.05, 0.1) is 5.97 Å². The summed E-state index contributed by atoms with van der Waals surface area (Å²) in [6, 6.07) is -0.898. The normalized spacial score (nSPS) is 11.8. The van der Waals surface area contributed by atoms with E-state index in [1.165, 1.54) is 7.11 Å². The van der Waals surface area contributed by atoms with Crippen LogP contribution in [0.3, 0.4) is 0 Å². The standard InChI is InChI=1S/C5H11NO3.ClH/c1-9-3-2-4(6)5(7)8;/h4H,2-3,6H2,1H3,(H,7,8);1H/p-1. The summed E-state index contributed by atoms with van der Waals surface area (Å²) in [6.07, 6.45) is 0.304. The van der Waals surface area contributed by atoms with Gasteiger partial charge in [-0.1, -0.05) is 0 Å². The Kier molecular flexibility index (Phi) is 8.40. The summed E-state index contributed by atoms with van der Waals surface area (Å²) < 4.78 is 4.59. The third-order valence-corrected chi connectivity index (χ3v) is 0.936. The van der Waals surface area contributed by atoms with Gasteiger partial charge in [-0.2, -0.15) is 0 Å². The molecular weight excluding hydrogens is 158 g/mol. The zero-order valence-corrected chi connectivity index (χ0v) is 6.52. The van der Waals surface area contributed by atoms with Gasteiger partial charge >= 0.3 is 0 Å². The van der Waals surface area contributed by atoms with E-state index >= 15 is 0 Å². The molecule has 0 aliphatic heterocycles. The average Bonchev–Trinajstić information content (AvgIpc) is 1.82. The van der Waals surface area contributed by atoms with E-state index in [-0.39, 0.29) is 12.4 Å². The lowest BCUT2D eigenvalue weighted by Crippen LogP contribution is -2.42. The van der Waals surface area contributed by atoms with E-state index in [1.54, 1.807) is 0 Å². The average molecular weight is 169 g/mol. The topological polar surface area (TPSA) is 75.4 Å². The van der Waals surface area contributed by atoms with Crippen molar-refractivity contribution in [3.63, 3.8) is 0 Å². The van der Waals surface area contributed by atoms with Crippen molar-refractivity contribution in [2.45, 2.75) is 12.5 Å². The SMILES string of the molecule is COCCC(N)C(=O)[O-].Cl. The maximum atomic E-state index is 9.91. The fourth-order valence-corrected chi connectivity index (χ4v) is 0.363. The van der Waals surface area contributed by atoms with Crippen LogP contribution in [0.15, 0.2) is 0 Å². The van der Waals surface area contributed by atoms with Crippen molar-refractivity contribution in [3.8, 4) is 0 Å². The van der Waals surface area contributed by atoms with Gasteiger partial charge in [-0.15, -0.1) is 12.4 Å². The highest BCUT2D eigenvalue weighted by Crippen LogP contribution is 1.84. The van der Waals surface area contributed by atoms with Gasteiger partial charge in [-0.25, -0.2) is 0 Å². The van der Waals surface area contributed by atoms with E-state index in [9.17, 15) is 9.90 Å². The minimum atomic E-state index is -1.23. The molecule has 0 rings (SSSR count). The lowest BCUT2D eigenvalue weighted by Gasteiger charge is -2.10. The molecule has 0 fully saturated rings. The Hall–Kier alpha value is -0.320. The number of carbonyl (C=O) groups excluding carboxylic acids is 1. The minimum absolute atomic E-state index is 0. The summed E-state index contributed by atoms with van der Waals surface area (Å²) in [5, 5.41) is 9.91. The van der Waals surface area contributed by atoms with E-state index in [1.807, 2.05) is 0 Å². The second kappa shape index (κ2) is 6.80. The fraction of sp³-hybridized carbons (Fsp3) is 0.800. The second-order valence-electron chi connectivity index (χ2n) is 1.71. The molecule has 0 aliphatic rings. The van der Waals surface area contributed by atoms with Crippen molar-refractivity contribution in [2.24, 2.45) is 5.73 Å². The molecule has 1 atom stereocenters. The monoisotopic (exact) mass is 168 g/mol. The van der Waals surface area contributed by atoms with E-state index in [4.69, 9.17) is 5.73 Å². The van der Waals surface area contributed by atoms with Crippen molar-refractivity contribution < 1.29 is 14.6 Å². The summed E-state index contributed by atoms with van der Waals surface area (Å²) in [7, 11) is 1.49. The van der Waals surface area contributed by atoms with E-state index in [2.05, 4.69) is 4.74 Å². The number of rotatable bonds is 4. The number of hydrogen-bond acceptors (Lipinski definition) is 4. The highest BCUT2D eigenvalue weighted by molar-refractivity contribution is 5.85. The number of methoxy groups -OCH3 is 1. The Morgan fingerprint density at radius 1 is 1.80 bits per heavy atom. The Labute approximate surface area is 65.8 Å². The van der Waals surface area contributed by atoms with Crippen molar-refractivity contribution in [3.05, 3.63) is 0 Å². The van der Waals surface area contributed by atoms with Crippen LogP contribution < -0.4 is 10.8 Å². The quantitative estimate of drug-likeness (QED) is 0.556. The molecule has 0 aromatic carbocycles. The van der Waals surface area contributed by atoms with Crippen molar-refractivity contribution >= 4 is 18.4 Å². The second-order valence-corrected chi connectivity index (χ2v) is 1.71. The number of halogens is 1. The van der Waals surface area contributed by atoms with Crippen LogP contribution in [0.1, 0.15) is 6.42 Å².